The van der Waals surface area contributed by atoms with Crippen LogP contribution in [0.4, 0.5) is 5.69 Å². The van der Waals surface area contributed by atoms with Gasteiger partial charge >= 0.3 is 5.97 Å². The third kappa shape index (κ3) is 7.13. The lowest BCUT2D eigenvalue weighted by atomic mass is 9.98. The summed E-state index contributed by atoms with van der Waals surface area (Å²) in [5.74, 6) is -3.35. The van der Waals surface area contributed by atoms with Crippen molar-refractivity contribution >= 4 is 58.5 Å². The van der Waals surface area contributed by atoms with Crippen LogP contribution in [0.1, 0.15) is 26.3 Å². The molecule has 0 fully saturated rings. The third-order valence-electron chi connectivity index (χ3n) is 6.34. The van der Waals surface area contributed by atoms with Crippen LogP contribution in [0.2, 0.25) is 10.0 Å². The molecular weight excluding hydrogens is 571 g/mol. The van der Waals surface area contributed by atoms with Crippen molar-refractivity contribution in [3.63, 3.8) is 0 Å². The number of nitrogens with two attached hydrogens (primary N) is 2. The van der Waals surface area contributed by atoms with E-state index >= 15 is 0 Å². The first-order valence-corrected chi connectivity index (χ1v) is 13.2. The minimum Gasteiger partial charge on any atom is -0.480 e. The quantitative estimate of drug-likeness (QED) is 0.186. The zero-order valence-electron chi connectivity index (χ0n) is 21.6. The van der Waals surface area contributed by atoms with E-state index in [4.69, 9.17) is 34.7 Å². The Labute approximate surface area is 245 Å². The molecule has 212 valence electrons. The number of nitrogens with one attached hydrogen (secondary N) is 2. The number of aliphatic carboxylic acids is 1. The molecule has 1 aliphatic rings. The molecule has 0 aromatic heterocycles. The summed E-state index contributed by atoms with van der Waals surface area (Å²) in [7, 11) is 0. The van der Waals surface area contributed by atoms with Gasteiger partial charge in [-0.3, -0.25) is 14.4 Å². The van der Waals surface area contributed by atoms with Gasteiger partial charge in [0.15, 0.2) is 5.96 Å². The van der Waals surface area contributed by atoms with Crippen LogP contribution in [0.25, 0.3) is 11.1 Å². The number of carbonyl (C=O) groups excluding carboxylic acids is 3. The molecule has 0 aliphatic carbocycles. The minimum absolute atomic E-state index is 0.0360. The molecule has 11 nitrogen and oxygen atoms in total. The molecule has 13 heteroatoms. The molecule has 0 spiro atoms. The predicted molar refractivity (Wildman–Crippen MR) is 155 cm³/mol. The van der Waals surface area contributed by atoms with E-state index in [-0.39, 0.29) is 40.6 Å². The lowest BCUT2D eigenvalue weighted by Gasteiger charge is -2.28. The molecule has 3 amide bonds. The van der Waals surface area contributed by atoms with Gasteiger partial charge in [0.2, 0.25) is 5.91 Å². The van der Waals surface area contributed by atoms with Gasteiger partial charge in [0.05, 0.1) is 27.8 Å². The largest absolute Gasteiger partial charge is 0.480 e. The molecule has 4 rings (SSSR count). The van der Waals surface area contributed by atoms with Crippen LogP contribution >= 0.6 is 23.2 Å². The number of fused-ring (bicyclic) bond motifs is 1. The lowest BCUT2D eigenvalue weighted by Crippen LogP contribution is -2.51. The fraction of sp³-hybridized carbons (Fsp3) is 0.179. The number of hydrogen-bond donors (Lipinski definition) is 5. The number of benzene rings is 3. The second-order valence-electron chi connectivity index (χ2n) is 9.20. The molecule has 0 saturated heterocycles. The van der Waals surface area contributed by atoms with E-state index < -0.39 is 30.4 Å². The van der Waals surface area contributed by atoms with Gasteiger partial charge in [0, 0.05) is 18.7 Å². The van der Waals surface area contributed by atoms with Crippen molar-refractivity contribution in [2.45, 2.75) is 12.5 Å². The van der Waals surface area contributed by atoms with Gasteiger partial charge in [-0.15, -0.1) is 0 Å². The maximum atomic E-state index is 13.0. The Balaban J connectivity index is 1.38. The van der Waals surface area contributed by atoms with Crippen LogP contribution in [-0.4, -0.2) is 65.3 Å². The van der Waals surface area contributed by atoms with Crippen molar-refractivity contribution in [1.29, 1.82) is 0 Å². The second kappa shape index (κ2) is 12.7. The Morgan fingerprint density at radius 2 is 1.68 bits per heavy atom. The van der Waals surface area contributed by atoms with Gasteiger partial charge in [-0.2, -0.15) is 0 Å². The van der Waals surface area contributed by atoms with Crippen molar-refractivity contribution in [1.82, 2.24) is 15.5 Å². The average molecular weight is 597 g/mol. The number of aliphatic imine (C=N–C) groups is 1. The van der Waals surface area contributed by atoms with Gasteiger partial charge in [0.1, 0.15) is 6.04 Å². The topological polar surface area (TPSA) is 180 Å². The van der Waals surface area contributed by atoms with E-state index in [9.17, 15) is 24.3 Å². The number of carboxylic acids is 1. The molecule has 41 heavy (non-hydrogen) atoms. The molecule has 0 radical (unpaired) electrons. The molecule has 1 aliphatic heterocycles. The first kappa shape index (κ1) is 29.4. The fourth-order valence-corrected chi connectivity index (χ4v) is 5.00. The Morgan fingerprint density at radius 1 is 1.00 bits per heavy atom. The van der Waals surface area contributed by atoms with Crippen LogP contribution in [0.3, 0.4) is 0 Å². The molecule has 3 aromatic rings. The third-order valence-corrected chi connectivity index (χ3v) is 6.93. The summed E-state index contributed by atoms with van der Waals surface area (Å²) in [4.78, 5) is 55.7. The maximum Gasteiger partial charge on any atom is 0.328 e. The normalized spacial score (nSPS) is 13.1. The highest BCUT2D eigenvalue weighted by atomic mass is 35.5. The number of halogens is 2. The summed E-state index contributed by atoms with van der Waals surface area (Å²) in [6.45, 7) is -0.468. The van der Waals surface area contributed by atoms with Crippen molar-refractivity contribution in [3.05, 3.63) is 87.4 Å². The number of carbonyl (C=O) groups is 4. The lowest BCUT2D eigenvalue weighted by molar-refractivity contribution is -0.139. The van der Waals surface area contributed by atoms with Crippen LogP contribution < -0.4 is 22.1 Å². The summed E-state index contributed by atoms with van der Waals surface area (Å²) in [5.41, 5.74) is 13.8. The van der Waals surface area contributed by atoms with Crippen LogP contribution in [-0.2, 0) is 16.0 Å². The second-order valence-corrected chi connectivity index (χ2v) is 10.0. The number of guanidine groups is 1. The van der Waals surface area contributed by atoms with Crippen LogP contribution in [0, 0.1) is 0 Å². The first-order valence-electron chi connectivity index (χ1n) is 12.4. The molecule has 7 N–H and O–H groups in total. The Bertz CT molecular complexity index is 1520. The number of rotatable bonds is 9. The van der Waals surface area contributed by atoms with Crippen molar-refractivity contribution in [3.8, 4) is 11.1 Å². The van der Waals surface area contributed by atoms with Crippen molar-refractivity contribution in [2.75, 3.05) is 19.6 Å². The summed E-state index contributed by atoms with van der Waals surface area (Å²) in [5, 5.41) is 14.5. The van der Waals surface area contributed by atoms with Gasteiger partial charge in [-0.25, -0.2) is 9.79 Å². The predicted octanol–water partition coefficient (Wildman–Crippen LogP) is 2.56. The molecule has 1 atom stereocenters. The average Bonchev–Trinajstić information content (AvgIpc) is 2.92. The number of nitrogens with zero attached hydrogens (tertiary/aromatic N) is 2. The van der Waals surface area contributed by atoms with Crippen molar-refractivity contribution < 1.29 is 24.3 Å². The molecular formula is C28H26Cl2N6O5. The van der Waals surface area contributed by atoms with E-state index in [0.717, 1.165) is 11.1 Å². The highest BCUT2D eigenvalue weighted by Gasteiger charge is 2.28. The molecule has 0 unspecified atom stereocenters. The Morgan fingerprint density at radius 3 is 2.32 bits per heavy atom. The van der Waals surface area contributed by atoms with Crippen molar-refractivity contribution in [2.24, 2.45) is 16.5 Å². The Kier molecular flexibility index (Phi) is 9.10. The summed E-state index contributed by atoms with van der Waals surface area (Å²) in [6.07, 6.45) is 0.509. The number of amides is 3. The highest BCUT2D eigenvalue weighted by molar-refractivity contribution is 6.40. The van der Waals surface area contributed by atoms with E-state index in [1.807, 2.05) is 30.3 Å². The van der Waals surface area contributed by atoms with Gasteiger partial charge in [-0.1, -0.05) is 59.6 Å². The van der Waals surface area contributed by atoms with Gasteiger partial charge in [0.25, 0.3) is 11.8 Å². The fourth-order valence-electron chi connectivity index (χ4n) is 4.34. The minimum atomic E-state index is -1.49. The maximum absolute atomic E-state index is 13.0. The number of carboxylic acid groups (broad SMARTS) is 1. The molecule has 0 saturated carbocycles. The van der Waals surface area contributed by atoms with E-state index in [2.05, 4.69) is 15.6 Å². The molecule has 3 aromatic carbocycles. The zero-order chi connectivity index (χ0) is 29.7. The van der Waals surface area contributed by atoms with Crippen LogP contribution in [0.15, 0.2) is 65.7 Å². The van der Waals surface area contributed by atoms with E-state index in [0.29, 0.717) is 23.2 Å². The SMILES string of the molecule is NC(N)=Nc1ccc2c(c1)C(=O)N(CC(=O)NC[C@H](NC(=O)c1c(Cl)cc(-c3ccccc3)cc1Cl)C(=O)O)CC2. The number of hydrogen-bond acceptors (Lipinski definition) is 5. The molecule has 1 heterocycles. The Hall–Kier alpha value is -4.61. The summed E-state index contributed by atoms with van der Waals surface area (Å²) in [6, 6.07) is 15.8. The van der Waals surface area contributed by atoms with Crippen LogP contribution in [0.5, 0.6) is 0 Å². The summed E-state index contributed by atoms with van der Waals surface area (Å²) >= 11 is 12.7. The van der Waals surface area contributed by atoms with Gasteiger partial charge in [-0.05, 0) is 47.4 Å². The zero-order valence-corrected chi connectivity index (χ0v) is 23.1. The van der Waals surface area contributed by atoms with Gasteiger partial charge < -0.3 is 32.1 Å². The smallest absolute Gasteiger partial charge is 0.328 e. The molecule has 0 bridgehead atoms. The van der Waals surface area contributed by atoms with E-state index in [1.165, 1.54) is 4.90 Å². The standard InChI is InChI=1S/C28H26Cl2N6O5/c29-20-10-17(15-4-2-1-3-5-15)11-21(30)24(20)25(38)35-22(27(40)41)13-33-23(37)14-36-9-8-16-6-7-18(34-28(31)32)12-19(16)26(36)39/h1-7,10-12,22H,8-9,13-14H2,(H,33,37)(H,35,38)(H,40,41)(H4,31,32,34)/t22-/m0/s1. The highest BCUT2D eigenvalue weighted by Crippen LogP contribution is 2.32. The summed E-state index contributed by atoms with van der Waals surface area (Å²) < 4.78 is 0. The first-order chi connectivity index (χ1) is 19.5. The van der Waals surface area contributed by atoms with E-state index in [1.54, 1.807) is 30.3 Å². The monoisotopic (exact) mass is 596 g/mol.